The van der Waals surface area contributed by atoms with Crippen molar-refractivity contribution < 1.29 is 4.79 Å². The van der Waals surface area contributed by atoms with Gasteiger partial charge in [0.1, 0.15) is 6.07 Å². The number of carbonyl (C=O) groups is 1. The van der Waals surface area contributed by atoms with Crippen LogP contribution in [0.4, 0.5) is 5.69 Å². The Morgan fingerprint density at radius 1 is 1.53 bits per heavy atom. The highest BCUT2D eigenvalue weighted by Crippen LogP contribution is 2.19. The molecule has 1 aromatic rings. The lowest BCUT2D eigenvalue weighted by Crippen LogP contribution is -2.34. The highest BCUT2D eigenvalue weighted by atomic mass is 35.5. The Morgan fingerprint density at radius 3 is 2.82 bits per heavy atom. The first kappa shape index (κ1) is 13.3. The average Bonchev–Trinajstić information content (AvgIpc) is 2.25. The van der Waals surface area contributed by atoms with Crippen LogP contribution in [0.3, 0.4) is 0 Å². The Bertz CT molecular complexity index is 452. The molecule has 4 nitrogen and oxygen atoms in total. The number of amides is 1. The fourth-order valence-electron chi connectivity index (χ4n) is 1.31. The summed E-state index contributed by atoms with van der Waals surface area (Å²) in [6.45, 7) is 3.89. The maximum absolute atomic E-state index is 11.4. The molecule has 0 heterocycles. The SMILES string of the molecule is CC(C)NC(=O)CNc1cc(Cl)ccc1C#N. The molecule has 0 aliphatic carbocycles. The van der Waals surface area contributed by atoms with Gasteiger partial charge in [-0.2, -0.15) is 5.26 Å². The van der Waals surface area contributed by atoms with Crippen LogP contribution in [0.5, 0.6) is 0 Å². The van der Waals surface area contributed by atoms with Crippen LogP contribution in [0.1, 0.15) is 19.4 Å². The fourth-order valence-corrected chi connectivity index (χ4v) is 1.48. The van der Waals surface area contributed by atoms with Crippen LogP contribution in [0, 0.1) is 11.3 Å². The van der Waals surface area contributed by atoms with E-state index in [-0.39, 0.29) is 18.5 Å². The van der Waals surface area contributed by atoms with Crippen molar-refractivity contribution in [1.82, 2.24) is 5.32 Å². The lowest BCUT2D eigenvalue weighted by molar-refractivity contribution is -0.119. The van der Waals surface area contributed by atoms with Gasteiger partial charge < -0.3 is 10.6 Å². The van der Waals surface area contributed by atoms with Crippen molar-refractivity contribution >= 4 is 23.2 Å². The summed E-state index contributed by atoms with van der Waals surface area (Å²) >= 11 is 5.82. The van der Waals surface area contributed by atoms with Crippen molar-refractivity contribution in [3.05, 3.63) is 28.8 Å². The smallest absolute Gasteiger partial charge is 0.239 e. The summed E-state index contributed by atoms with van der Waals surface area (Å²) in [7, 11) is 0. The molecular formula is C12H14ClN3O. The van der Waals surface area contributed by atoms with Gasteiger partial charge in [-0.05, 0) is 32.0 Å². The molecule has 17 heavy (non-hydrogen) atoms. The Hall–Kier alpha value is -1.73. The van der Waals surface area contributed by atoms with Gasteiger partial charge >= 0.3 is 0 Å². The third-order valence-corrected chi connectivity index (χ3v) is 2.23. The number of benzene rings is 1. The van der Waals surface area contributed by atoms with Gasteiger partial charge in [-0.25, -0.2) is 0 Å². The second-order valence-electron chi connectivity index (χ2n) is 3.88. The number of nitrogens with zero attached hydrogens (tertiary/aromatic N) is 1. The van der Waals surface area contributed by atoms with Crippen molar-refractivity contribution in [2.75, 3.05) is 11.9 Å². The predicted molar refractivity (Wildman–Crippen MR) is 67.9 cm³/mol. The third-order valence-electron chi connectivity index (χ3n) is 1.99. The molecule has 0 radical (unpaired) electrons. The van der Waals surface area contributed by atoms with Crippen molar-refractivity contribution in [1.29, 1.82) is 5.26 Å². The number of halogens is 1. The van der Waals surface area contributed by atoms with Crippen molar-refractivity contribution in [2.24, 2.45) is 0 Å². The topological polar surface area (TPSA) is 64.9 Å². The molecule has 1 rings (SSSR count). The van der Waals surface area contributed by atoms with E-state index in [9.17, 15) is 4.79 Å². The predicted octanol–water partition coefficient (Wildman–Crippen LogP) is 2.15. The Labute approximate surface area is 106 Å². The number of hydrogen-bond acceptors (Lipinski definition) is 3. The monoisotopic (exact) mass is 251 g/mol. The van der Waals surface area contributed by atoms with E-state index < -0.39 is 0 Å². The normalized spacial score (nSPS) is 9.82. The van der Waals surface area contributed by atoms with Crippen LogP contribution in [-0.2, 0) is 4.79 Å². The molecule has 0 saturated carbocycles. The molecule has 0 bridgehead atoms. The van der Waals surface area contributed by atoms with Gasteiger partial charge in [0, 0.05) is 11.1 Å². The molecule has 1 aromatic carbocycles. The van der Waals surface area contributed by atoms with E-state index in [0.717, 1.165) is 0 Å². The number of anilines is 1. The van der Waals surface area contributed by atoms with Gasteiger partial charge in [-0.3, -0.25) is 4.79 Å². The minimum absolute atomic E-state index is 0.0964. The van der Waals surface area contributed by atoms with E-state index in [0.29, 0.717) is 16.3 Å². The summed E-state index contributed by atoms with van der Waals surface area (Å²) < 4.78 is 0. The summed E-state index contributed by atoms with van der Waals surface area (Å²) in [5, 5.41) is 15.0. The van der Waals surface area contributed by atoms with Crippen molar-refractivity contribution in [2.45, 2.75) is 19.9 Å². The summed E-state index contributed by atoms with van der Waals surface area (Å²) in [5.41, 5.74) is 1.03. The lowest BCUT2D eigenvalue weighted by atomic mass is 10.2. The van der Waals surface area contributed by atoms with Crippen LogP contribution in [0.15, 0.2) is 18.2 Å². The lowest BCUT2D eigenvalue weighted by Gasteiger charge is -2.11. The minimum atomic E-state index is -0.121. The molecule has 5 heteroatoms. The zero-order valence-corrected chi connectivity index (χ0v) is 10.5. The van der Waals surface area contributed by atoms with Gasteiger partial charge in [-0.1, -0.05) is 11.6 Å². The van der Waals surface area contributed by atoms with E-state index in [1.165, 1.54) is 0 Å². The van der Waals surface area contributed by atoms with Gasteiger partial charge in [0.2, 0.25) is 5.91 Å². The standard InChI is InChI=1S/C12H14ClN3O/c1-8(2)16-12(17)7-15-11-5-10(13)4-3-9(11)6-14/h3-5,8,15H,7H2,1-2H3,(H,16,17). The number of hydrogen-bond donors (Lipinski definition) is 2. The largest absolute Gasteiger partial charge is 0.375 e. The highest BCUT2D eigenvalue weighted by Gasteiger charge is 2.06. The quantitative estimate of drug-likeness (QED) is 0.862. The number of nitriles is 1. The highest BCUT2D eigenvalue weighted by molar-refractivity contribution is 6.30. The maximum Gasteiger partial charge on any atom is 0.239 e. The third kappa shape index (κ3) is 4.33. The first-order valence-corrected chi connectivity index (χ1v) is 5.63. The Balaban J connectivity index is 2.66. The van der Waals surface area contributed by atoms with Crippen LogP contribution in [-0.4, -0.2) is 18.5 Å². The molecule has 0 fully saturated rings. The van der Waals surface area contributed by atoms with Gasteiger partial charge in [0.05, 0.1) is 17.8 Å². The molecule has 90 valence electrons. The number of rotatable bonds is 4. The zero-order chi connectivity index (χ0) is 12.8. The molecule has 0 spiro atoms. The first-order chi connectivity index (χ1) is 8.02. The molecule has 0 aliphatic heterocycles. The summed E-state index contributed by atoms with van der Waals surface area (Å²) in [6, 6.07) is 7.01. The molecule has 0 aromatic heterocycles. The van der Waals surface area contributed by atoms with Gasteiger partial charge in [-0.15, -0.1) is 0 Å². The molecule has 0 saturated heterocycles. The number of carbonyl (C=O) groups excluding carboxylic acids is 1. The van der Waals surface area contributed by atoms with E-state index in [1.807, 2.05) is 19.9 Å². The van der Waals surface area contributed by atoms with Gasteiger partial charge in [0.25, 0.3) is 0 Å². The van der Waals surface area contributed by atoms with Crippen LogP contribution < -0.4 is 10.6 Å². The Kier molecular flexibility index (Phi) is 4.80. The second-order valence-corrected chi connectivity index (χ2v) is 4.31. The van der Waals surface area contributed by atoms with Crippen molar-refractivity contribution in [3.63, 3.8) is 0 Å². The Morgan fingerprint density at radius 2 is 2.24 bits per heavy atom. The molecule has 1 amide bonds. The van der Waals surface area contributed by atoms with E-state index >= 15 is 0 Å². The average molecular weight is 252 g/mol. The minimum Gasteiger partial charge on any atom is -0.375 e. The fraction of sp³-hybridized carbons (Fsp3) is 0.333. The molecular weight excluding hydrogens is 238 g/mol. The molecule has 0 unspecified atom stereocenters. The first-order valence-electron chi connectivity index (χ1n) is 5.26. The number of nitrogens with one attached hydrogen (secondary N) is 2. The second kappa shape index (κ2) is 6.12. The van der Waals surface area contributed by atoms with Gasteiger partial charge in [0.15, 0.2) is 0 Å². The van der Waals surface area contributed by atoms with E-state index in [2.05, 4.69) is 10.6 Å². The molecule has 0 atom stereocenters. The maximum atomic E-state index is 11.4. The molecule has 0 aliphatic rings. The van der Waals surface area contributed by atoms with Crippen LogP contribution >= 0.6 is 11.6 Å². The summed E-state index contributed by atoms with van der Waals surface area (Å²) in [4.78, 5) is 11.4. The van der Waals surface area contributed by atoms with Crippen LogP contribution in [0.2, 0.25) is 5.02 Å². The summed E-state index contributed by atoms with van der Waals surface area (Å²) in [5.74, 6) is -0.121. The van der Waals surface area contributed by atoms with Crippen molar-refractivity contribution in [3.8, 4) is 6.07 Å². The zero-order valence-electron chi connectivity index (χ0n) is 9.75. The van der Waals surface area contributed by atoms with E-state index in [4.69, 9.17) is 16.9 Å². The molecule has 2 N–H and O–H groups in total. The van der Waals surface area contributed by atoms with Crippen LogP contribution in [0.25, 0.3) is 0 Å². The van der Waals surface area contributed by atoms with E-state index in [1.54, 1.807) is 18.2 Å². The summed E-state index contributed by atoms with van der Waals surface area (Å²) in [6.07, 6.45) is 0.